The minimum absolute atomic E-state index is 0.296. The average molecular weight is 391 g/mol. The van der Waals surface area contributed by atoms with Crippen molar-refractivity contribution in [3.8, 4) is 18.1 Å². The number of hydrogen-bond acceptors (Lipinski definition) is 3. The zero-order chi connectivity index (χ0) is 19.3. The highest BCUT2D eigenvalue weighted by molar-refractivity contribution is 6.37. The van der Waals surface area contributed by atoms with E-state index in [1.807, 2.05) is 32.0 Å². The number of terminal acetylenes is 1. The fourth-order valence-corrected chi connectivity index (χ4v) is 2.82. The summed E-state index contributed by atoms with van der Waals surface area (Å²) in [4.78, 5) is 14.4. The number of rotatable bonds is 6. The van der Waals surface area contributed by atoms with Crippen LogP contribution in [-0.4, -0.2) is 38.1 Å². The van der Waals surface area contributed by atoms with E-state index in [1.54, 1.807) is 24.3 Å². The summed E-state index contributed by atoms with van der Waals surface area (Å²) in [5, 5.41) is 3.44. The molecule has 0 radical (unpaired) electrons. The molecule has 0 aliphatic rings. The fourth-order valence-electron chi connectivity index (χ4n) is 2.22. The number of benzene rings is 2. The first-order chi connectivity index (χ1) is 12.3. The lowest BCUT2D eigenvalue weighted by molar-refractivity contribution is 0.102. The summed E-state index contributed by atoms with van der Waals surface area (Å²) in [6, 6.07) is 8.41. The Labute approximate surface area is 164 Å². The van der Waals surface area contributed by atoms with Crippen molar-refractivity contribution >= 4 is 34.8 Å². The lowest BCUT2D eigenvalue weighted by Gasteiger charge is -2.14. The molecule has 2 rings (SSSR count). The number of anilines is 1. The van der Waals surface area contributed by atoms with Crippen LogP contribution in [0.25, 0.3) is 0 Å². The molecule has 4 nitrogen and oxygen atoms in total. The number of aryl methyl sites for hydroxylation is 1. The van der Waals surface area contributed by atoms with Crippen molar-refractivity contribution in [2.45, 2.75) is 6.92 Å². The van der Waals surface area contributed by atoms with Crippen molar-refractivity contribution in [2.75, 3.05) is 32.6 Å². The Morgan fingerprint density at radius 2 is 1.88 bits per heavy atom. The molecule has 0 aliphatic carbocycles. The van der Waals surface area contributed by atoms with Gasteiger partial charge in [-0.15, -0.1) is 6.42 Å². The van der Waals surface area contributed by atoms with Crippen LogP contribution >= 0.6 is 23.2 Å². The Morgan fingerprint density at radius 1 is 1.23 bits per heavy atom. The predicted molar refractivity (Wildman–Crippen MR) is 108 cm³/mol. The number of amides is 1. The van der Waals surface area contributed by atoms with Crippen LogP contribution in [0.5, 0.6) is 5.75 Å². The summed E-state index contributed by atoms with van der Waals surface area (Å²) < 4.78 is 5.63. The molecule has 0 aromatic heterocycles. The highest BCUT2D eigenvalue weighted by Crippen LogP contribution is 2.36. The number of halogens is 2. The monoisotopic (exact) mass is 390 g/mol. The zero-order valence-corrected chi connectivity index (χ0v) is 16.4. The molecule has 0 bridgehead atoms. The quantitative estimate of drug-likeness (QED) is 0.739. The van der Waals surface area contributed by atoms with Crippen LogP contribution in [0.3, 0.4) is 0 Å². The van der Waals surface area contributed by atoms with Crippen LogP contribution in [0.4, 0.5) is 5.69 Å². The molecule has 0 saturated carbocycles. The lowest BCUT2D eigenvalue weighted by atomic mass is 10.1. The molecule has 2 aromatic rings. The summed E-state index contributed by atoms with van der Waals surface area (Å²) in [6.45, 7) is 3.08. The highest BCUT2D eigenvalue weighted by atomic mass is 35.5. The Bertz CT molecular complexity index is 834. The maximum Gasteiger partial charge on any atom is 0.255 e. The molecule has 2 aromatic carbocycles. The number of hydrogen-bond donors (Lipinski definition) is 1. The largest absolute Gasteiger partial charge is 0.489 e. The van der Waals surface area contributed by atoms with Crippen LogP contribution in [0.15, 0.2) is 30.3 Å². The Balaban J connectivity index is 2.15. The van der Waals surface area contributed by atoms with Gasteiger partial charge in [0.05, 0.1) is 10.0 Å². The lowest BCUT2D eigenvalue weighted by Crippen LogP contribution is -2.19. The van der Waals surface area contributed by atoms with Crippen LogP contribution in [0, 0.1) is 19.3 Å². The van der Waals surface area contributed by atoms with Crippen molar-refractivity contribution in [3.05, 3.63) is 57.1 Å². The van der Waals surface area contributed by atoms with E-state index < -0.39 is 0 Å². The molecular weight excluding hydrogens is 371 g/mol. The summed E-state index contributed by atoms with van der Waals surface area (Å²) in [5.74, 6) is 2.67. The number of ether oxygens (including phenoxy) is 1. The Morgan fingerprint density at radius 3 is 2.46 bits per heavy atom. The van der Waals surface area contributed by atoms with Gasteiger partial charge in [-0.25, -0.2) is 0 Å². The first kappa shape index (κ1) is 20.1. The van der Waals surface area contributed by atoms with Crippen LogP contribution < -0.4 is 10.1 Å². The summed E-state index contributed by atoms with van der Waals surface area (Å²) >= 11 is 12.5. The minimum Gasteiger partial charge on any atom is -0.489 e. The maximum atomic E-state index is 12.4. The number of carbonyl (C=O) groups excluding carboxylic acids is 1. The first-order valence-electron chi connectivity index (χ1n) is 7.97. The predicted octanol–water partition coefficient (Wildman–Crippen LogP) is 4.48. The number of likely N-dealkylation sites (N-methyl/N-ethyl adjacent to an activating group) is 1. The molecule has 0 atom stereocenters. The van der Waals surface area contributed by atoms with Crippen molar-refractivity contribution in [2.24, 2.45) is 0 Å². The first-order valence-corrected chi connectivity index (χ1v) is 8.72. The van der Waals surface area contributed by atoms with E-state index in [0.717, 1.165) is 12.1 Å². The van der Waals surface area contributed by atoms with Gasteiger partial charge in [-0.2, -0.15) is 0 Å². The average Bonchev–Trinajstić information content (AvgIpc) is 2.57. The molecule has 6 heteroatoms. The van der Waals surface area contributed by atoms with Crippen molar-refractivity contribution in [1.82, 2.24) is 4.90 Å². The van der Waals surface area contributed by atoms with Gasteiger partial charge in [0.1, 0.15) is 6.61 Å². The second-order valence-corrected chi connectivity index (χ2v) is 6.86. The van der Waals surface area contributed by atoms with Crippen molar-refractivity contribution < 1.29 is 9.53 Å². The second kappa shape index (κ2) is 8.95. The smallest absolute Gasteiger partial charge is 0.255 e. The molecule has 0 heterocycles. The van der Waals surface area contributed by atoms with E-state index in [-0.39, 0.29) is 5.91 Å². The van der Waals surface area contributed by atoms with Gasteiger partial charge in [0.15, 0.2) is 5.75 Å². The van der Waals surface area contributed by atoms with Crippen LogP contribution in [-0.2, 0) is 0 Å². The number of nitrogens with one attached hydrogen (secondary N) is 1. The van der Waals surface area contributed by atoms with E-state index in [0.29, 0.717) is 39.2 Å². The Kier molecular flexibility index (Phi) is 6.93. The van der Waals surface area contributed by atoms with E-state index >= 15 is 0 Å². The molecular formula is C20H20Cl2N2O2. The third-order valence-corrected chi connectivity index (χ3v) is 4.26. The summed E-state index contributed by atoms with van der Waals surface area (Å²) in [7, 11) is 3.89. The molecule has 0 unspecified atom stereocenters. The van der Waals surface area contributed by atoms with Gasteiger partial charge < -0.3 is 15.0 Å². The van der Waals surface area contributed by atoms with Crippen molar-refractivity contribution in [3.63, 3.8) is 0 Å². The van der Waals surface area contributed by atoms with Crippen LogP contribution in [0.1, 0.15) is 21.5 Å². The minimum atomic E-state index is -0.296. The van der Waals surface area contributed by atoms with E-state index in [4.69, 9.17) is 34.4 Å². The SMILES string of the molecule is C#Cc1cc(C(=O)Nc2cc(Cl)c(OCCN(C)C)c(Cl)c2)ccc1C. The third-order valence-electron chi connectivity index (χ3n) is 3.70. The fraction of sp³-hybridized carbons (Fsp3) is 0.250. The second-order valence-electron chi connectivity index (χ2n) is 6.05. The van der Waals surface area contributed by atoms with E-state index in [9.17, 15) is 4.79 Å². The number of carbonyl (C=O) groups is 1. The summed E-state index contributed by atoms with van der Waals surface area (Å²) in [6.07, 6.45) is 5.45. The van der Waals surface area contributed by atoms with E-state index in [2.05, 4.69) is 11.2 Å². The molecule has 1 amide bonds. The summed E-state index contributed by atoms with van der Waals surface area (Å²) in [5.41, 5.74) is 2.56. The maximum absolute atomic E-state index is 12.4. The molecule has 136 valence electrons. The standard InChI is InChI=1S/C20H20Cl2N2O2/c1-5-14-10-15(7-6-13(14)2)20(25)23-16-11-17(21)19(18(22)12-16)26-9-8-24(3)4/h1,6-7,10-12H,8-9H2,2-4H3,(H,23,25). The van der Waals surface area contributed by atoms with Crippen LogP contribution in [0.2, 0.25) is 10.0 Å². The van der Waals surface area contributed by atoms with Gasteiger partial charge in [0, 0.05) is 23.4 Å². The zero-order valence-electron chi connectivity index (χ0n) is 14.9. The molecule has 26 heavy (non-hydrogen) atoms. The number of nitrogens with zero attached hydrogens (tertiary/aromatic N) is 1. The molecule has 0 fully saturated rings. The highest BCUT2D eigenvalue weighted by Gasteiger charge is 2.13. The van der Waals surface area contributed by atoms with E-state index in [1.165, 1.54) is 0 Å². The van der Waals surface area contributed by atoms with Gasteiger partial charge in [-0.3, -0.25) is 4.79 Å². The van der Waals surface area contributed by atoms with Crippen molar-refractivity contribution in [1.29, 1.82) is 0 Å². The van der Waals surface area contributed by atoms with Gasteiger partial charge in [0.2, 0.25) is 0 Å². The normalized spacial score (nSPS) is 10.5. The van der Waals surface area contributed by atoms with Gasteiger partial charge in [-0.05, 0) is 50.8 Å². The molecule has 0 spiro atoms. The van der Waals surface area contributed by atoms with Gasteiger partial charge in [0.25, 0.3) is 5.91 Å². The topological polar surface area (TPSA) is 41.6 Å². The van der Waals surface area contributed by atoms with Gasteiger partial charge >= 0.3 is 0 Å². The Hall–Kier alpha value is -2.19. The molecule has 0 saturated heterocycles. The molecule has 1 N–H and O–H groups in total. The van der Waals surface area contributed by atoms with Gasteiger partial charge in [-0.1, -0.05) is 35.2 Å². The molecule has 0 aliphatic heterocycles. The third kappa shape index (κ3) is 5.15.